The van der Waals surface area contributed by atoms with Gasteiger partial charge in [0.15, 0.2) is 0 Å². The van der Waals surface area contributed by atoms with Crippen molar-refractivity contribution in [1.82, 2.24) is 9.80 Å². The Hall–Kier alpha value is -1.10. The van der Waals surface area contributed by atoms with Crippen LogP contribution in [0.3, 0.4) is 0 Å². The molecule has 1 rings (SSSR count). The lowest BCUT2D eigenvalue weighted by Gasteiger charge is -2.37. The molecule has 1 atom stereocenters. The minimum Gasteiger partial charge on any atom is -0.465 e. The smallest absolute Gasteiger partial charge is 0.323 e. The molecule has 0 aliphatic carbocycles. The monoisotopic (exact) mass is 256 g/mol. The zero-order valence-corrected chi connectivity index (χ0v) is 11.6. The summed E-state index contributed by atoms with van der Waals surface area (Å²) >= 11 is 0. The molecule has 1 saturated heterocycles. The average Bonchev–Trinajstić information content (AvgIpc) is 2.36. The van der Waals surface area contributed by atoms with Crippen molar-refractivity contribution >= 4 is 11.9 Å². The highest BCUT2D eigenvalue weighted by Crippen LogP contribution is 2.13. The zero-order valence-electron chi connectivity index (χ0n) is 11.6. The SMILES string of the molecule is CCCC(C(=O)OCC)N1CCN(C(C)=O)CC1. The van der Waals surface area contributed by atoms with Crippen molar-refractivity contribution in [2.45, 2.75) is 39.7 Å². The maximum absolute atomic E-state index is 11.9. The quantitative estimate of drug-likeness (QED) is 0.685. The van der Waals surface area contributed by atoms with Gasteiger partial charge in [0.2, 0.25) is 5.91 Å². The lowest BCUT2D eigenvalue weighted by Crippen LogP contribution is -2.53. The summed E-state index contributed by atoms with van der Waals surface area (Å²) in [7, 11) is 0. The Bertz CT molecular complexity index is 286. The highest BCUT2D eigenvalue weighted by molar-refractivity contribution is 5.76. The molecule has 0 saturated carbocycles. The first-order valence-electron chi connectivity index (χ1n) is 6.76. The minimum atomic E-state index is -0.149. The second kappa shape index (κ2) is 7.36. The maximum atomic E-state index is 11.9. The van der Waals surface area contributed by atoms with Crippen LogP contribution < -0.4 is 0 Å². The molecule has 18 heavy (non-hydrogen) atoms. The van der Waals surface area contributed by atoms with E-state index in [0.29, 0.717) is 19.7 Å². The summed E-state index contributed by atoms with van der Waals surface area (Å²) in [4.78, 5) is 27.1. The van der Waals surface area contributed by atoms with E-state index in [9.17, 15) is 9.59 Å². The highest BCUT2D eigenvalue weighted by Gasteiger charge is 2.29. The molecule has 104 valence electrons. The number of hydrogen-bond acceptors (Lipinski definition) is 4. The van der Waals surface area contributed by atoms with Crippen LogP contribution in [0.5, 0.6) is 0 Å². The number of hydrogen-bond donors (Lipinski definition) is 0. The third kappa shape index (κ3) is 3.98. The molecule has 1 heterocycles. The molecule has 0 radical (unpaired) electrons. The Morgan fingerprint density at radius 2 is 1.78 bits per heavy atom. The van der Waals surface area contributed by atoms with Crippen molar-refractivity contribution in [3.63, 3.8) is 0 Å². The Morgan fingerprint density at radius 3 is 2.22 bits per heavy atom. The molecule has 1 unspecified atom stereocenters. The first-order valence-corrected chi connectivity index (χ1v) is 6.76. The van der Waals surface area contributed by atoms with Gasteiger partial charge in [0.05, 0.1) is 6.61 Å². The molecule has 0 N–H and O–H groups in total. The summed E-state index contributed by atoms with van der Waals surface area (Å²) in [5.41, 5.74) is 0. The van der Waals surface area contributed by atoms with Crippen LogP contribution in [0, 0.1) is 0 Å². The topological polar surface area (TPSA) is 49.9 Å². The van der Waals surface area contributed by atoms with E-state index in [1.807, 2.05) is 11.8 Å². The standard InChI is InChI=1S/C13H24N2O3/c1-4-6-12(13(17)18-5-2)15-9-7-14(8-10-15)11(3)16/h12H,4-10H2,1-3H3. The van der Waals surface area contributed by atoms with Crippen molar-refractivity contribution < 1.29 is 14.3 Å². The maximum Gasteiger partial charge on any atom is 0.323 e. The van der Waals surface area contributed by atoms with Crippen molar-refractivity contribution in [1.29, 1.82) is 0 Å². The summed E-state index contributed by atoms with van der Waals surface area (Å²) in [5, 5.41) is 0. The van der Waals surface area contributed by atoms with Gasteiger partial charge < -0.3 is 9.64 Å². The molecule has 0 aromatic rings. The average molecular weight is 256 g/mol. The van der Waals surface area contributed by atoms with Gasteiger partial charge in [-0.15, -0.1) is 0 Å². The van der Waals surface area contributed by atoms with Crippen LogP contribution in [-0.2, 0) is 14.3 Å². The Balaban J connectivity index is 2.55. The van der Waals surface area contributed by atoms with Crippen molar-refractivity contribution in [3.05, 3.63) is 0 Å². The number of ether oxygens (including phenoxy) is 1. The van der Waals surface area contributed by atoms with Gasteiger partial charge in [0, 0.05) is 33.1 Å². The third-order valence-corrected chi connectivity index (χ3v) is 3.32. The van der Waals surface area contributed by atoms with E-state index in [2.05, 4.69) is 11.8 Å². The van der Waals surface area contributed by atoms with Crippen LogP contribution in [0.2, 0.25) is 0 Å². The van der Waals surface area contributed by atoms with Gasteiger partial charge in [0.1, 0.15) is 6.04 Å². The van der Waals surface area contributed by atoms with Crippen LogP contribution in [-0.4, -0.2) is 60.5 Å². The minimum absolute atomic E-state index is 0.109. The van der Waals surface area contributed by atoms with E-state index in [1.165, 1.54) is 0 Å². The third-order valence-electron chi connectivity index (χ3n) is 3.32. The van der Waals surface area contributed by atoms with Gasteiger partial charge in [-0.1, -0.05) is 13.3 Å². The molecule has 1 aliphatic rings. The van der Waals surface area contributed by atoms with Crippen molar-refractivity contribution in [3.8, 4) is 0 Å². The first-order chi connectivity index (χ1) is 8.60. The number of amides is 1. The Kier molecular flexibility index (Phi) is 6.12. The number of carbonyl (C=O) groups excluding carboxylic acids is 2. The number of rotatable bonds is 5. The fourth-order valence-electron chi connectivity index (χ4n) is 2.31. The van der Waals surface area contributed by atoms with E-state index >= 15 is 0 Å². The molecule has 1 amide bonds. The van der Waals surface area contributed by atoms with Crippen LogP contribution >= 0.6 is 0 Å². The fourth-order valence-corrected chi connectivity index (χ4v) is 2.31. The second-order valence-corrected chi connectivity index (χ2v) is 4.60. The predicted molar refractivity (Wildman–Crippen MR) is 69.2 cm³/mol. The van der Waals surface area contributed by atoms with Crippen LogP contribution in [0.15, 0.2) is 0 Å². The van der Waals surface area contributed by atoms with Crippen LogP contribution in [0.1, 0.15) is 33.6 Å². The molecular formula is C13H24N2O3. The number of piperazine rings is 1. The second-order valence-electron chi connectivity index (χ2n) is 4.60. The molecule has 1 aliphatic heterocycles. The van der Waals surface area contributed by atoms with Crippen LogP contribution in [0.4, 0.5) is 0 Å². The molecule has 0 spiro atoms. The van der Waals surface area contributed by atoms with Gasteiger partial charge in [-0.25, -0.2) is 0 Å². The molecule has 5 heteroatoms. The molecule has 5 nitrogen and oxygen atoms in total. The molecule has 1 fully saturated rings. The first kappa shape index (κ1) is 15.0. The summed E-state index contributed by atoms with van der Waals surface area (Å²) in [6.07, 6.45) is 1.77. The lowest BCUT2D eigenvalue weighted by molar-refractivity contribution is -0.151. The lowest BCUT2D eigenvalue weighted by atomic mass is 10.1. The Morgan fingerprint density at radius 1 is 1.17 bits per heavy atom. The van der Waals surface area contributed by atoms with E-state index in [1.54, 1.807) is 6.92 Å². The highest BCUT2D eigenvalue weighted by atomic mass is 16.5. The van der Waals surface area contributed by atoms with E-state index in [0.717, 1.165) is 25.9 Å². The van der Waals surface area contributed by atoms with Crippen molar-refractivity contribution in [2.24, 2.45) is 0 Å². The number of esters is 1. The zero-order chi connectivity index (χ0) is 13.5. The number of carbonyl (C=O) groups is 2. The molecule has 0 bridgehead atoms. The summed E-state index contributed by atoms with van der Waals surface area (Å²) in [5.74, 6) is -0.0200. The predicted octanol–water partition coefficient (Wildman–Crippen LogP) is 0.882. The normalized spacial score (nSPS) is 18.5. The van der Waals surface area contributed by atoms with Gasteiger partial charge in [0.25, 0.3) is 0 Å². The van der Waals surface area contributed by atoms with E-state index < -0.39 is 0 Å². The number of nitrogens with zero attached hydrogens (tertiary/aromatic N) is 2. The van der Waals surface area contributed by atoms with Gasteiger partial charge in [-0.05, 0) is 13.3 Å². The van der Waals surface area contributed by atoms with Gasteiger partial charge >= 0.3 is 5.97 Å². The van der Waals surface area contributed by atoms with Crippen LogP contribution in [0.25, 0.3) is 0 Å². The molecule has 0 aromatic carbocycles. The van der Waals surface area contributed by atoms with E-state index in [4.69, 9.17) is 4.74 Å². The van der Waals surface area contributed by atoms with Crippen molar-refractivity contribution in [2.75, 3.05) is 32.8 Å². The van der Waals surface area contributed by atoms with Gasteiger partial charge in [-0.3, -0.25) is 14.5 Å². The fraction of sp³-hybridized carbons (Fsp3) is 0.846. The molecular weight excluding hydrogens is 232 g/mol. The Labute approximate surface area is 109 Å². The largest absolute Gasteiger partial charge is 0.465 e. The summed E-state index contributed by atoms with van der Waals surface area (Å²) in [6.45, 7) is 8.82. The van der Waals surface area contributed by atoms with E-state index in [-0.39, 0.29) is 17.9 Å². The summed E-state index contributed by atoms with van der Waals surface area (Å²) in [6, 6.07) is -0.149. The van der Waals surface area contributed by atoms with Gasteiger partial charge in [-0.2, -0.15) is 0 Å². The summed E-state index contributed by atoms with van der Waals surface area (Å²) < 4.78 is 5.12. The molecule has 0 aromatic heterocycles.